The second-order valence-electron chi connectivity index (χ2n) is 5.20. The van der Waals surface area contributed by atoms with Crippen molar-refractivity contribution < 1.29 is 18.3 Å². The molecule has 0 radical (unpaired) electrons. The molecular weight excluding hydrogens is 292 g/mol. The largest absolute Gasteiger partial charge is 0.385 e. The van der Waals surface area contributed by atoms with Crippen molar-refractivity contribution in [2.24, 2.45) is 0 Å². The highest BCUT2D eigenvalue weighted by atomic mass is 19.1. The van der Waals surface area contributed by atoms with Crippen LogP contribution in [0.25, 0.3) is 0 Å². The normalized spacial score (nSPS) is 15.9. The van der Waals surface area contributed by atoms with E-state index in [-0.39, 0.29) is 0 Å². The molecule has 5 nitrogen and oxygen atoms in total. The second kappa shape index (κ2) is 8.05. The van der Waals surface area contributed by atoms with Crippen LogP contribution in [0, 0.1) is 11.6 Å². The van der Waals surface area contributed by atoms with Crippen molar-refractivity contribution in [1.82, 2.24) is 9.80 Å². The molecule has 22 heavy (non-hydrogen) atoms. The molecule has 0 spiro atoms. The van der Waals surface area contributed by atoms with Crippen LogP contribution in [0.5, 0.6) is 0 Å². The Morgan fingerprint density at radius 1 is 1.23 bits per heavy atom. The van der Waals surface area contributed by atoms with Crippen LogP contribution in [0.2, 0.25) is 0 Å². The van der Waals surface area contributed by atoms with Crippen LogP contribution in [0.1, 0.15) is 6.42 Å². The van der Waals surface area contributed by atoms with E-state index in [1.54, 1.807) is 12.0 Å². The number of amides is 2. The number of piperazine rings is 1. The minimum atomic E-state index is -0.772. The summed E-state index contributed by atoms with van der Waals surface area (Å²) >= 11 is 0. The summed E-state index contributed by atoms with van der Waals surface area (Å²) in [4.78, 5) is 15.9. The van der Waals surface area contributed by atoms with Gasteiger partial charge in [-0.2, -0.15) is 0 Å². The molecular formula is C15H21F2N3O2. The summed E-state index contributed by atoms with van der Waals surface area (Å²) in [6, 6.07) is 3.03. The lowest BCUT2D eigenvalue weighted by Crippen LogP contribution is -2.50. The molecule has 1 fully saturated rings. The maximum atomic E-state index is 13.5. The molecule has 0 aliphatic carbocycles. The number of urea groups is 1. The monoisotopic (exact) mass is 313 g/mol. The van der Waals surface area contributed by atoms with Crippen molar-refractivity contribution in [2.75, 3.05) is 51.8 Å². The molecule has 1 saturated heterocycles. The van der Waals surface area contributed by atoms with Gasteiger partial charge in [-0.3, -0.25) is 4.90 Å². The SMILES string of the molecule is COCCCN1CCN(C(=O)Nc2c(F)cccc2F)CC1. The van der Waals surface area contributed by atoms with E-state index in [4.69, 9.17) is 4.74 Å². The number of nitrogens with one attached hydrogen (secondary N) is 1. The number of carbonyl (C=O) groups is 1. The number of rotatable bonds is 5. The molecule has 0 atom stereocenters. The predicted octanol–water partition coefficient (Wildman–Crippen LogP) is 2.15. The Hall–Kier alpha value is -1.73. The molecule has 2 rings (SSSR count). The molecule has 1 N–H and O–H groups in total. The minimum Gasteiger partial charge on any atom is -0.385 e. The third kappa shape index (κ3) is 4.38. The third-order valence-corrected chi connectivity index (χ3v) is 3.68. The van der Waals surface area contributed by atoms with Gasteiger partial charge in [0.25, 0.3) is 0 Å². The number of hydrogen-bond acceptors (Lipinski definition) is 3. The van der Waals surface area contributed by atoms with Crippen LogP contribution in [-0.4, -0.2) is 62.3 Å². The standard InChI is InChI=1S/C15H21F2N3O2/c1-22-11-3-6-19-7-9-20(10-8-19)15(21)18-14-12(16)4-2-5-13(14)17/h2,4-5H,3,6-11H2,1H3,(H,18,21). The number of para-hydroxylation sites is 1. The molecule has 0 aromatic heterocycles. The molecule has 1 aliphatic heterocycles. The Kier molecular flexibility index (Phi) is 6.09. The van der Waals surface area contributed by atoms with Crippen LogP contribution >= 0.6 is 0 Å². The number of halogens is 2. The Morgan fingerprint density at radius 2 is 1.86 bits per heavy atom. The highest BCUT2D eigenvalue weighted by molar-refractivity contribution is 5.89. The van der Waals surface area contributed by atoms with E-state index in [9.17, 15) is 13.6 Å². The number of benzene rings is 1. The van der Waals surface area contributed by atoms with Crippen molar-refractivity contribution in [2.45, 2.75) is 6.42 Å². The topological polar surface area (TPSA) is 44.8 Å². The summed E-state index contributed by atoms with van der Waals surface area (Å²) in [7, 11) is 1.67. The zero-order valence-corrected chi connectivity index (χ0v) is 12.6. The van der Waals surface area contributed by atoms with E-state index in [0.29, 0.717) is 19.7 Å². The van der Waals surface area contributed by atoms with Gasteiger partial charge in [-0.05, 0) is 18.6 Å². The molecule has 0 unspecified atom stereocenters. The van der Waals surface area contributed by atoms with Crippen molar-refractivity contribution in [3.63, 3.8) is 0 Å². The maximum Gasteiger partial charge on any atom is 0.322 e. The molecule has 1 aromatic rings. The van der Waals surface area contributed by atoms with Gasteiger partial charge in [0, 0.05) is 46.4 Å². The van der Waals surface area contributed by atoms with E-state index in [1.165, 1.54) is 6.07 Å². The van der Waals surface area contributed by atoms with Crippen LogP contribution in [-0.2, 0) is 4.74 Å². The van der Waals surface area contributed by atoms with Gasteiger partial charge < -0.3 is 15.0 Å². The average Bonchev–Trinajstić information content (AvgIpc) is 2.52. The van der Waals surface area contributed by atoms with Crippen molar-refractivity contribution in [3.8, 4) is 0 Å². The lowest BCUT2D eigenvalue weighted by Gasteiger charge is -2.34. The van der Waals surface area contributed by atoms with Gasteiger partial charge in [0.1, 0.15) is 17.3 Å². The van der Waals surface area contributed by atoms with E-state index in [0.717, 1.165) is 38.2 Å². The van der Waals surface area contributed by atoms with Crippen LogP contribution in [0.15, 0.2) is 18.2 Å². The molecule has 122 valence electrons. The second-order valence-corrected chi connectivity index (χ2v) is 5.20. The fourth-order valence-electron chi connectivity index (χ4n) is 2.41. The first kappa shape index (κ1) is 16.6. The first-order valence-corrected chi connectivity index (χ1v) is 7.33. The highest BCUT2D eigenvalue weighted by Gasteiger charge is 2.22. The number of nitrogens with zero attached hydrogens (tertiary/aromatic N) is 2. The average molecular weight is 313 g/mol. The molecule has 7 heteroatoms. The van der Waals surface area contributed by atoms with Gasteiger partial charge in [0.15, 0.2) is 0 Å². The number of anilines is 1. The van der Waals surface area contributed by atoms with Crippen molar-refractivity contribution in [1.29, 1.82) is 0 Å². The predicted molar refractivity (Wildman–Crippen MR) is 79.9 cm³/mol. The van der Waals surface area contributed by atoms with Crippen LogP contribution in [0.3, 0.4) is 0 Å². The molecule has 1 heterocycles. The van der Waals surface area contributed by atoms with Gasteiger partial charge in [-0.25, -0.2) is 13.6 Å². The van der Waals surface area contributed by atoms with E-state index in [2.05, 4.69) is 10.2 Å². The quantitative estimate of drug-likeness (QED) is 0.847. The summed E-state index contributed by atoms with van der Waals surface area (Å²) in [6.45, 7) is 4.20. The lowest BCUT2D eigenvalue weighted by atomic mass is 10.3. The smallest absolute Gasteiger partial charge is 0.322 e. The summed E-state index contributed by atoms with van der Waals surface area (Å²) in [6.07, 6.45) is 0.948. The summed E-state index contributed by atoms with van der Waals surface area (Å²) in [5.41, 5.74) is -0.393. The zero-order chi connectivity index (χ0) is 15.9. The molecule has 0 bridgehead atoms. The number of hydrogen-bond donors (Lipinski definition) is 1. The number of ether oxygens (including phenoxy) is 1. The lowest BCUT2D eigenvalue weighted by molar-refractivity contribution is 0.130. The van der Waals surface area contributed by atoms with Gasteiger partial charge in [0.2, 0.25) is 0 Å². The highest BCUT2D eigenvalue weighted by Crippen LogP contribution is 2.18. The fourth-order valence-corrected chi connectivity index (χ4v) is 2.41. The number of methoxy groups -OCH3 is 1. The maximum absolute atomic E-state index is 13.5. The van der Waals surface area contributed by atoms with E-state index >= 15 is 0 Å². The number of carbonyl (C=O) groups excluding carboxylic acids is 1. The minimum absolute atomic E-state index is 0.393. The first-order valence-electron chi connectivity index (χ1n) is 7.33. The Balaban J connectivity index is 1.82. The fraction of sp³-hybridized carbons (Fsp3) is 0.533. The summed E-state index contributed by atoms with van der Waals surface area (Å²) < 4.78 is 32.0. The zero-order valence-electron chi connectivity index (χ0n) is 12.6. The van der Waals surface area contributed by atoms with Gasteiger partial charge in [-0.15, -0.1) is 0 Å². The van der Waals surface area contributed by atoms with Gasteiger partial charge in [0.05, 0.1) is 0 Å². The molecule has 1 aromatic carbocycles. The van der Waals surface area contributed by atoms with Gasteiger partial charge in [-0.1, -0.05) is 6.07 Å². The van der Waals surface area contributed by atoms with Crippen molar-refractivity contribution in [3.05, 3.63) is 29.8 Å². The Morgan fingerprint density at radius 3 is 2.45 bits per heavy atom. The van der Waals surface area contributed by atoms with E-state index in [1.807, 2.05) is 0 Å². The van der Waals surface area contributed by atoms with Crippen LogP contribution in [0.4, 0.5) is 19.3 Å². The first-order chi connectivity index (χ1) is 10.6. The summed E-state index contributed by atoms with van der Waals surface area (Å²) in [5, 5.41) is 2.31. The Bertz CT molecular complexity index is 485. The third-order valence-electron chi connectivity index (χ3n) is 3.68. The van der Waals surface area contributed by atoms with Crippen LogP contribution < -0.4 is 5.32 Å². The molecule has 0 saturated carbocycles. The Labute approximate surface area is 128 Å². The van der Waals surface area contributed by atoms with Gasteiger partial charge >= 0.3 is 6.03 Å². The molecule has 2 amide bonds. The summed E-state index contributed by atoms with van der Waals surface area (Å²) in [5.74, 6) is -1.54. The van der Waals surface area contributed by atoms with Crippen molar-refractivity contribution >= 4 is 11.7 Å². The van der Waals surface area contributed by atoms with E-state index < -0.39 is 23.4 Å². The molecule has 1 aliphatic rings.